The Labute approximate surface area is 193 Å². The van der Waals surface area contributed by atoms with Gasteiger partial charge in [-0.2, -0.15) is 5.10 Å². The van der Waals surface area contributed by atoms with Crippen LogP contribution in [-0.4, -0.2) is 39.2 Å². The zero-order valence-corrected chi connectivity index (χ0v) is 18.5. The molecule has 1 unspecified atom stereocenters. The van der Waals surface area contributed by atoms with Gasteiger partial charge in [-0.1, -0.05) is 23.9 Å². The maximum atomic E-state index is 13.1. The summed E-state index contributed by atoms with van der Waals surface area (Å²) in [6, 6.07) is 14.3. The summed E-state index contributed by atoms with van der Waals surface area (Å²) in [4.78, 5) is 13.1. The Morgan fingerprint density at radius 2 is 1.97 bits per heavy atom. The molecule has 9 nitrogen and oxygen atoms in total. The van der Waals surface area contributed by atoms with Crippen LogP contribution >= 0.6 is 11.8 Å². The van der Waals surface area contributed by atoms with Crippen molar-refractivity contribution in [2.45, 2.75) is 24.6 Å². The zero-order valence-electron chi connectivity index (χ0n) is 17.7. The Kier molecular flexibility index (Phi) is 5.99. The van der Waals surface area contributed by atoms with Crippen molar-refractivity contribution in [3.63, 3.8) is 0 Å². The number of benzene rings is 1. The molecular formula is C23H20N4O5S. The lowest BCUT2D eigenvalue weighted by Crippen LogP contribution is -2.28. The van der Waals surface area contributed by atoms with Gasteiger partial charge in [-0.05, 0) is 43.3 Å². The molecule has 10 heteroatoms. The van der Waals surface area contributed by atoms with Crippen molar-refractivity contribution in [1.82, 2.24) is 15.2 Å². The molecule has 33 heavy (non-hydrogen) atoms. The molecule has 1 amide bonds. The summed E-state index contributed by atoms with van der Waals surface area (Å²) in [7, 11) is 0. The van der Waals surface area contributed by atoms with Gasteiger partial charge < -0.3 is 18.0 Å². The number of nitrogens with zero attached hydrogens (tertiary/aromatic N) is 4. The summed E-state index contributed by atoms with van der Waals surface area (Å²) in [6.07, 6.45) is 3.66. The van der Waals surface area contributed by atoms with E-state index in [-0.39, 0.29) is 22.9 Å². The summed E-state index contributed by atoms with van der Waals surface area (Å²) in [5.41, 5.74) is 1.39. The highest BCUT2D eigenvalue weighted by Crippen LogP contribution is 2.35. The normalized spacial score (nSPS) is 15.6. The quantitative estimate of drug-likeness (QED) is 0.343. The van der Waals surface area contributed by atoms with Crippen LogP contribution in [0.4, 0.5) is 0 Å². The monoisotopic (exact) mass is 464 g/mol. The van der Waals surface area contributed by atoms with Gasteiger partial charge >= 0.3 is 0 Å². The van der Waals surface area contributed by atoms with E-state index in [1.54, 1.807) is 24.7 Å². The molecule has 5 rings (SSSR count). The molecule has 1 aliphatic rings. The van der Waals surface area contributed by atoms with Crippen LogP contribution in [0.5, 0.6) is 5.75 Å². The zero-order chi connectivity index (χ0) is 22.6. The second-order valence-corrected chi connectivity index (χ2v) is 8.02. The molecule has 0 saturated carbocycles. The van der Waals surface area contributed by atoms with E-state index < -0.39 is 0 Å². The molecule has 0 aliphatic carbocycles. The van der Waals surface area contributed by atoms with Gasteiger partial charge in [0.1, 0.15) is 29.0 Å². The predicted molar refractivity (Wildman–Crippen MR) is 120 cm³/mol. The Balaban J connectivity index is 1.30. The molecule has 0 fully saturated rings. The first-order valence-corrected chi connectivity index (χ1v) is 11.4. The molecule has 0 N–H and O–H groups in total. The van der Waals surface area contributed by atoms with Gasteiger partial charge in [0, 0.05) is 6.42 Å². The number of rotatable bonds is 8. The topological polar surface area (TPSA) is 107 Å². The highest BCUT2D eigenvalue weighted by atomic mass is 32.2. The Morgan fingerprint density at radius 3 is 2.76 bits per heavy atom. The number of hydrogen-bond donors (Lipinski definition) is 0. The number of ether oxygens (including phenoxy) is 1. The third-order valence-corrected chi connectivity index (χ3v) is 5.79. The lowest BCUT2D eigenvalue weighted by Gasteiger charge is -2.19. The van der Waals surface area contributed by atoms with Gasteiger partial charge in [-0.25, -0.2) is 5.01 Å². The predicted octanol–water partition coefficient (Wildman–Crippen LogP) is 4.79. The molecular weight excluding hydrogens is 444 g/mol. The third-order valence-electron chi connectivity index (χ3n) is 4.99. The largest absolute Gasteiger partial charge is 0.493 e. The Hall–Kier alpha value is -3.79. The van der Waals surface area contributed by atoms with Crippen LogP contribution in [-0.2, 0) is 4.79 Å². The van der Waals surface area contributed by atoms with E-state index in [0.717, 1.165) is 11.8 Å². The number of furan rings is 2. The van der Waals surface area contributed by atoms with Crippen molar-refractivity contribution in [1.29, 1.82) is 0 Å². The first kappa shape index (κ1) is 21.1. The number of para-hydroxylation sites is 1. The van der Waals surface area contributed by atoms with E-state index in [0.29, 0.717) is 47.5 Å². The van der Waals surface area contributed by atoms with Gasteiger partial charge in [0.25, 0.3) is 17.0 Å². The molecule has 1 atom stereocenters. The van der Waals surface area contributed by atoms with Crippen LogP contribution in [0.3, 0.4) is 0 Å². The van der Waals surface area contributed by atoms with E-state index in [4.69, 9.17) is 18.0 Å². The average molecular weight is 465 g/mol. The van der Waals surface area contributed by atoms with Crippen molar-refractivity contribution >= 4 is 23.4 Å². The summed E-state index contributed by atoms with van der Waals surface area (Å²) in [6.45, 7) is 2.43. The number of carbonyl (C=O) groups is 1. The van der Waals surface area contributed by atoms with Crippen molar-refractivity contribution in [3.8, 4) is 17.2 Å². The minimum Gasteiger partial charge on any atom is -0.493 e. The van der Waals surface area contributed by atoms with Gasteiger partial charge in [-0.3, -0.25) is 4.79 Å². The smallest absolute Gasteiger partial charge is 0.277 e. The van der Waals surface area contributed by atoms with Crippen molar-refractivity contribution in [2.75, 3.05) is 12.4 Å². The highest BCUT2D eigenvalue weighted by Gasteiger charge is 2.35. The number of amides is 1. The Morgan fingerprint density at radius 1 is 1.12 bits per heavy atom. The first-order chi connectivity index (χ1) is 16.2. The fraction of sp³-hybridized carbons (Fsp3) is 0.217. The molecule has 3 aromatic heterocycles. The van der Waals surface area contributed by atoms with E-state index in [1.807, 2.05) is 43.3 Å². The Bertz CT molecular complexity index is 1250. The molecule has 4 heterocycles. The standard InChI is InChI=1S/C23H20N4O5S/c1-2-29-18-8-4-3-7-15(18)22-24-25-23(32-22)33-14-21(28)27-17(20-10-6-12-31-20)13-16(26-27)19-9-5-11-30-19/h3-12,17H,2,13-14H2,1H3. The number of carbonyl (C=O) groups excluding carboxylic acids is 1. The molecule has 0 saturated heterocycles. The van der Waals surface area contributed by atoms with Crippen molar-refractivity contribution in [3.05, 3.63) is 72.6 Å². The van der Waals surface area contributed by atoms with Gasteiger partial charge in [0.2, 0.25) is 0 Å². The van der Waals surface area contributed by atoms with E-state index in [1.165, 1.54) is 5.01 Å². The van der Waals surface area contributed by atoms with E-state index >= 15 is 0 Å². The molecule has 0 bridgehead atoms. The minimum absolute atomic E-state index is 0.0703. The summed E-state index contributed by atoms with van der Waals surface area (Å²) >= 11 is 1.15. The van der Waals surface area contributed by atoms with Crippen molar-refractivity contribution in [2.24, 2.45) is 5.10 Å². The van der Waals surface area contributed by atoms with Crippen LogP contribution in [0.2, 0.25) is 0 Å². The van der Waals surface area contributed by atoms with E-state index in [2.05, 4.69) is 15.3 Å². The van der Waals surface area contributed by atoms with Crippen LogP contribution < -0.4 is 4.74 Å². The SMILES string of the molecule is CCOc1ccccc1-c1nnc(SCC(=O)N2N=C(c3ccco3)CC2c2ccco2)o1. The lowest BCUT2D eigenvalue weighted by atomic mass is 10.1. The summed E-state index contributed by atoms with van der Waals surface area (Å²) in [5, 5.41) is 14.4. The molecule has 0 spiro atoms. The fourth-order valence-electron chi connectivity index (χ4n) is 3.53. The maximum Gasteiger partial charge on any atom is 0.277 e. The maximum absolute atomic E-state index is 13.1. The second-order valence-electron chi connectivity index (χ2n) is 7.09. The van der Waals surface area contributed by atoms with Gasteiger partial charge in [-0.15, -0.1) is 10.2 Å². The van der Waals surface area contributed by atoms with Gasteiger partial charge in [0.05, 0.1) is 30.4 Å². The number of thioether (sulfide) groups is 1. The molecule has 168 valence electrons. The molecule has 1 aromatic carbocycles. The molecule has 0 radical (unpaired) electrons. The van der Waals surface area contributed by atoms with Crippen LogP contribution in [0, 0.1) is 0 Å². The fourth-order valence-corrected chi connectivity index (χ4v) is 4.14. The second kappa shape index (κ2) is 9.37. The van der Waals surface area contributed by atoms with Crippen molar-refractivity contribution < 1.29 is 22.8 Å². The third kappa shape index (κ3) is 4.42. The number of aromatic nitrogens is 2. The molecule has 4 aromatic rings. The summed E-state index contributed by atoms with van der Waals surface area (Å²) < 4.78 is 22.4. The van der Waals surface area contributed by atoms with Gasteiger partial charge in [0.15, 0.2) is 0 Å². The number of hydrogen-bond acceptors (Lipinski definition) is 9. The number of hydrazone groups is 1. The molecule has 1 aliphatic heterocycles. The average Bonchev–Trinajstić information content (AvgIpc) is 3.63. The first-order valence-electron chi connectivity index (χ1n) is 10.4. The summed E-state index contributed by atoms with van der Waals surface area (Å²) in [5.74, 6) is 2.14. The minimum atomic E-state index is -0.343. The van der Waals surface area contributed by atoms with Crippen LogP contribution in [0.15, 0.2) is 84.6 Å². The van der Waals surface area contributed by atoms with Crippen LogP contribution in [0.1, 0.15) is 30.9 Å². The lowest BCUT2D eigenvalue weighted by molar-refractivity contribution is -0.130. The van der Waals surface area contributed by atoms with E-state index in [9.17, 15) is 4.79 Å². The highest BCUT2D eigenvalue weighted by molar-refractivity contribution is 7.99. The van der Waals surface area contributed by atoms with Crippen LogP contribution in [0.25, 0.3) is 11.5 Å².